The fourth-order valence-corrected chi connectivity index (χ4v) is 4.45. The molecule has 0 aromatic heterocycles. The number of carbonyl (C=O) groups excluding carboxylic acids is 1. The van der Waals surface area contributed by atoms with E-state index in [9.17, 15) is 13.2 Å². The average Bonchev–Trinajstić information content (AvgIpc) is 2.81. The summed E-state index contributed by atoms with van der Waals surface area (Å²) in [6.07, 6.45) is -0.334. The Balaban J connectivity index is 2.04. The molecule has 122 valence electrons. The summed E-state index contributed by atoms with van der Waals surface area (Å²) in [5, 5.41) is 0.810. The Morgan fingerprint density at radius 1 is 1.41 bits per heavy atom. The highest BCUT2D eigenvalue weighted by atomic mass is 35.5. The summed E-state index contributed by atoms with van der Waals surface area (Å²) < 4.78 is 28.6. The standard InChI is InChI=1S/C14H17Cl2NO4S/c1-9(21-13-7-10(15)3-4-12(13)16)14(18)17(2)11-5-6-22(19,20)8-11/h3-4,7,9,11H,5-6,8H2,1-2H3/t9-,11-/m0/s1. The molecule has 0 aliphatic carbocycles. The maximum absolute atomic E-state index is 12.4. The number of ether oxygens (including phenoxy) is 1. The maximum Gasteiger partial charge on any atom is 0.263 e. The molecule has 2 atom stereocenters. The molecular formula is C14H17Cl2NO4S. The van der Waals surface area contributed by atoms with Crippen molar-refractivity contribution in [3.63, 3.8) is 0 Å². The van der Waals surface area contributed by atoms with Crippen LogP contribution in [0.5, 0.6) is 5.75 Å². The molecule has 1 fully saturated rings. The molecule has 1 aliphatic rings. The third-order valence-electron chi connectivity index (χ3n) is 3.65. The predicted molar refractivity (Wildman–Crippen MR) is 86.4 cm³/mol. The molecule has 1 saturated heterocycles. The average molecular weight is 366 g/mol. The highest BCUT2D eigenvalue weighted by molar-refractivity contribution is 7.91. The van der Waals surface area contributed by atoms with Gasteiger partial charge in [0.05, 0.1) is 16.5 Å². The first kappa shape index (κ1) is 17.4. The lowest BCUT2D eigenvalue weighted by Gasteiger charge is -2.27. The van der Waals surface area contributed by atoms with Crippen molar-refractivity contribution in [2.24, 2.45) is 0 Å². The summed E-state index contributed by atoms with van der Waals surface area (Å²) in [5.41, 5.74) is 0. The zero-order chi connectivity index (χ0) is 16.5. The highest BCUT2D eigenvalue weighted by Gasteiger charge is 2.34. The SMILES string of the molecule is C[C@H](Oc1cc(Cl)ccc1Cl)C(=O)N(C)[C@H]1CCS(=O)(=O)C1. The van der Waals surface area contributed by atoms with Crippen molar-refractivity contribution in [2.75, 3.05) is 18.6 Å². The summed E-state index contributed by atoms with van der Waals surface area (Å²) in [6, 6.07) is 4.44. The largest absolute Gasteiger partial charge is 0.479 e. The second-order valence-electron chi connectivity index (χ2n) is 5.34. The van der Waals surface area contributed by atoms with Crippen molar-refractivity contribution in [1.82, 2.24) is 4.90 Å². The van der Waals surface area contributed by atoms with Crippen molar-refractivity contribution >= 4 is 38.9 Å². The van der Waals surface area contributed by atoms with Crippen LogP contribution in [-0.2, 0) is 14.6 Å². The number of hydrogen-bond acceptors (Lipinski definition) is 4. The van der Waals surface area contributed by atoms with Gasteiger partial charge in [-0.1, -0.05) is 23.2 Å². The van der Waals surface area contributed by atoms with Gasteiger partial charge in [0.15, 0.2) is 15.9 Å². The molecule has 22 heavy (non-hydrogen) atoms. The first-order chi connectivity index (χ1) is 10.2. The molecule has 1 heterocycles. The molecule has 1 aromatic carbocycles. The number of likely N-dealkylation sites (N-methyl/N-ethyl adjacent to an activating group) is 1. The Labute approximate surface area is 140 Å². The Morgan fingerprint density at radius 3 is 2.68 bits per heavy atom. The molecule has 1 aromatic rings. The van der Waals surface area contributed by atoms with Crippen LogP contribution in [0.1, 0.15) is 13.3 Å². The van der Waals surface area contributed by atoms with E-state index in [0.717, 1.165) is 0 Å². The fraction of sp³-hybridized carbons (Fsp3) is 0.500. The first-order valence-electron chi connectivity index (χ1n) is 6.78. The summed E-state index contributed by atoms with van der Waals surface area (Å²) in [6.45, 7) is 1.60. The zero-order valence-corrected chi connectivity index (χ0v) is 14.6. The molecule has 0 N–H and O–H groups in total. The first-order valence-corrected chi connectivity index (χ1v) is 9.36. The monoisotopic (exact) mass is 365 g/mol. The molecule has 8 heteroatoms. The molecule has 0 saturated carbocycles. The lowest BCUT2D eigenvalue weighted by atomic mass is 10.2. The normalized spacial score (nSPS) is 21.4. The van der Waals surface area contributed by atoms with Crippen LogP contribution < -0.4 is 4.74 Å². The zero-order valence-electron chi connectivity index (χ0n) is 12.3. The lowest BCUT2D eigenvalue weighted by molar-refractivity contribution is -0.138. The van der Waals surface area contributed by atoms with Crippen LogP contribution >= 0.6 is 23.2 Å². The van der Waals surface area contributed by atoms with E-state index in [4.69, 9.17) is 27.9 Å². The molecule has 0 radical (unpaired) electrons. The second-order valence-corrected chi connectivity index (χ2v) is 8.41. The van der Waals surface area contributed by atoms with Gasteiger partial charge in [0.1, 0.15) is 5.75 Å². The highest BCUT2D eigenvalue weighted by Crippen LogP contribution is 2.29. The number of nitrogens with zero attached hydrogens (tertiary/aromatic N) is 1. The summed E-state index contributed by atoms with van der Waals surface area (Å²) in [5.74, 6) is 0.144. The van der Waals surface area contributed by atoms with E-state index in [1.54, 1.807) is 26.1 Å². The molecule has 5 nitrogen and oxygen atoms in total. The van der Waals surface area contributed by atoms with Gasteiger partial charge in [-0.25, -0.2) is 8.42 Å². The van der Waals surface area contributed by atoms with Gasteiger partial charge >= 0.3 is 0 Å². The summed E-state index contributed by atoms with van der Waals surface area (Å²) >= 11 is 11.9. The van der Waals surface area contributed by atoms with Crippen molar-refractivity contribution < 1.29 is 17.9 Å². The predicted octanol–water partition coefficient (Wildman–Crippen LogP) is 2.41. The van der Waals surface area contributed by atoms with Crippen LogP contribution in [0.4, 0.5) is 0 Å². The summed E-state index contributed by atoms with van der Waals surface area (Å²) in [4.78, 5) is 13.8. The van der Waals surface area contributed by atoms with Crippen LogP contribution in [0, 0.1) is 0 Å². The minimum absolute atomic E-state index is 0.000118. The summed E-state index contributed by atoms with van der Waals surface area (Å²) in [7, 11) is -1.45. The minimum atomic E-state index is -3.04. The number of sulfone groups is 1. The van der Waals surface area contributed by atoms with Gasteiger partial charge in [0.25, 0.3) is 5.91 Å². The number of halogens is 2. The van der Waals surface area contributed by atoms with E-state index >= 15 is 0 Å². The Bertz CT molecular complexity index is 677. The van der Waals surface area contributed by atoms with Crippen LogP contribution in [-0.4, -0.2) is 49.9 Å². The third-order valence-corrected chi connectivity index (χ3v) is 5.95. The topological polar surface area (TPSA) is 63.7 Å². The quantitative estimate of drug-likeness (QED) is 0.821. The van der Waals surface area contributed by atoms with E-state index < -0.39 is 15.9 Å². The van der Waals surface area contributed by atoms with Gasteiger partial charge < -0.3 is 9.64 Å². The minimum Gasteiger partial charge on any atom is -0.479 e. The molecule has 0 bridgehead atoms. The molecular weight excluding hydrogens is 349 g/mol. The van der Waals surface area contributed by atoms with Gasteiger partial charge in [-0.2, -0.15) is 0 Å². The number of hydrogen-bond donors (Lipinski definition) is 0. The lowest BCUT2D eigenvalue weighted by Crippen LogP contribution is -2.44. The number of carbonyl (C=O) groups is 1. The fourth-order valence-electron chi connectivity index (χ4n) is 2.36. The number of benzene rings is 1. The van der Waals surface area contributed by atoms with E-state index in [-0.39, 0.29) is 23.5 Å². The van der Waals surface area contributed by atoms with Gasteiger partial charge in [0, 0.05) is 24.2 Å². The third kappa shape index (κ3) is 4.06. The number of rotatable bonds is 4. The van der Waals surface area contributed by atoms with Crippen molar-refractivity contribution in [3.05, 3.63) is 28.2 Å². The Kier molecular flexibility index (Phi) is 5.25. The molecule has 1 aliphatic heterocycles. The van der Waals surface area contributed by atoms with Gasteiger partial charge in [-0.15, -0.1) is 0 Å². The molecule has 2 rings (SSSR count). The van der Waals surface area contributed by atoms with Gasteiger partial charge in [-0.05, 0) is 25.5 Å². The van der Waals surface area contributed by atoms with Crippen LogP contribution in [0.2, 0.25) is 10.0 Å². The van der Waals surface area contributed by atoms with E-state index in [2.05, 4.69) is 0 Å². The molecule has 0 unspecified atom stereocenters. The number of amides is 1. The Hall–Kier alpha value is -0.980. The molecule has 1 amide bonds. The second kappa shape index (κ2) is 6.64. The van der Waals surface area contributed by atoms with Crippen molar-refractivity contribution in [3.8, 4) is 5.75 Å². The van der Waals surface area contributed by atoms with Crippen molar-refractivity contribution in [1.29, 1.82) is 0 Å². The smallest absolute Gasteiger partial charge is 0.263 e. The van der Waals surface area contributed by atoms with E-state index in [1.165, 1.54) is 11.0 Å². The van der Waals surface area contributed by atoms with Crippen molar-refractivity contribution in [2.45, 2.75) is 25.5 Å². The van der Waals surface area contributed by atoms with E-state index in [1.807, 2.05) is 0 Å². The van der Waals surface area contributed by atoms with Gasteiger partial charge in [-0.3, -0.25) is 4.79 Å². The maximum atomic E-state index is 12.4. The van der Waals surface area contributed by atoms with Crippen LogP contribution in [0.3, 0.4) is 0 Å². The van der Waals surface area contributed by atoms with Gasteiger partial charge in [0.2, 0.25) is 0 Å². The van der Waals surface area contributed by atoms with E-state index in [0.29, 0.717) is 22.2 Å². The Morgan fingerprint density at radius 2 is 2.09 bits per heavy atom. The van der Waals surface area contributed by atoms with Crippen LogP contribution in [0.25, 0.3) is 0 Å². The molecule has 0 spiro atoms. The van der Waals surface area contributed by atoms with Crippen LogP contribution in [0.15, 0.2) is 18.2 Å².